The van der Waals surface area contributed by atoms with Crippen molar-refractivity contribution in [2.45, 2.75) is 39.5 Å². The van der Waals surface area contributed by atoms with Crippen molar-refractivity contribution in [1.29, 1.82) is 0 Å². The zero-order valence-corrected chi connectivity index (χ0v) is 10.2. The summed E-state index contributed by atoms with van der Waals surface area (Å²) >= 11 is 0. The zero-order valence-electron chi connectivity index (χ0n) is 10.2. The minimum absolute atomic E-state index is 0.361. The molecule has 0 bridgehead atoms. The maximum Gasteiger partial charge on any atom is 0.131 e. The third-order valence-electron chi connectivity index (χ3n) is 2.61. The highest BCUT2D eigenvalue weighted by Gasteiger charge is 2.06. The molecule has 0 spiro atoms. The first-order valence-electron chi connectivity index (χ1n) is 5.70. The summed E-state index contributed by atoms with van der Waals surface area (Å²) in [6.07, 6.45) is 3.71. The van der Waals surface area contributed by atoms with Gasteiger partial charge in [-0.15, -0.1) is 0 Å². The lowest BCUT2D eigenvalue weighted by molar-refractivity contribution is 0.780. The lowest BCUT2D eigenvalue weighted by atomic mass is 10.1. The summed E-state index contributed by atoms with van der Waals surface area (Å²) in [5, 5.41) is 1.01. The highest BCUT2D eigenvalue weighted by molar-refractivity contribution is 5.76. The third kappa shape index (κ3) is 2.03. The van der Waals surface area contributed by atoms with Crippen LogP contribution in [0, 0.1) is 0 Å². The van der Waals surface area contributed by atoms with Gasteiger partial charge in [0.15, 0.2) is 0 Å². The second-order valence-corrected chi connectivity index (χ2v) is 4.71. The van der Waals surface area contributed by atoms with Gasteiger partial charge in [-0.3, -0.25) is 4.98 Å². The monoisotopic (exact) mass is 215 g/mol. The van der Waals surface area contributed by atoms with Gasteiger partial charge in [-0.05, 0) is 12.0 Å². The molecule has 0 aliphatic carbocycles. The number of hydrogen-bond donors (Lipinski definition) is 0. The molecular formula is C13H17N3. The third-order valence-corrected chi connectivity index (χ3v) is 2.61. The van der Waals surface area contributed by atoms with Gasteiger partial charge in [0.2, 0.25) is 0 Å². The molecule has 3 nitrogen and oxygen atoms in total. The Balaban J connectivity index is 2.56. The Hall–Kier alpha value is -1.51. The van der Waals surface area contributed by atoms with E-state index in [0.29, 0.717) is 11.8 Å². The van der Waals surface area contributed by atoms with Crippen LogP contribution in [0.2, 0.25) is 0 Å². The minimum Gasteiger partial charge on any atom is -0.260 e. The maximum atomic E-state index is 4.57. The summed E-state index contributed by atoms with van der Waals surface area (Å²) in [5.74, 6) is 1.69. The average molecular weight is 215 g/mol. The topological polar surface area (TPSA) is 38.7 Å². The predicted molar refractivity (Wildman–Crippen MR) is 65.5 cm³/mol. The van der Waals surface area contributed by atoms with Crippen molar-refractivity contribution in [3.8, 4) is 0 Å². The Morgan fingerprint density at radius 1 is 0.938 bits per heavy atom. The first-order valence-corrected chi connectivity index (χ1v) is 5.70. The first-order chi connectivity index (χ1) is 7.58. The smallest absolute Gasteiger partial charge is 0.131 e. The predicted octanol–water partition coefficient (Wildman–Crippen LogP) is 3.27. The van der Waals surface area contributed by atoms with E-state index >= 15 is 0 Å². The highest BCUT2D eigenvalue weighted by atomic mass is 14.9. The van der Waals surface area contributed by atoms with Gasteiger partial charge in [-0.25, -0.2) is 9.97 Å². The summed E-state index contributed by atoms with van der Waals surface area (Å²) in [4.78, 5) is 13.3. The average Bonchev–Trinajstić information content (AvgIpc) is 2.27. The number of aromatic nitrogens is 3. The van der Waals surface area contributed by atoms with E-state index in [0.717, 1.165) is 22.4 Å². The SMILES string of the molecule is CC(C)c1cc2nc(C(C)C)ncc2cn1. The van der Waals surface area contributed by atoms with Gasteiger partial charge in [0, 0.05) is 29.4 Å². The quantitative estimate of drug-likeness (QED) is 0.771. The van der Waals surface area contributed by atoms with Crippen molar-refractivity contribution >= 4 is 10.9 Å². The normalized spacial score (nSPS) is 11.6. The molecule has 0 atom stereocenters. The van der Waals surface area contributed by atoms with E-state index in [4.69, 9.17) is 0 Å². The van der Waals surface area contributed by atoms with Crippen LogP contribution < -0.4 is 0 Å². The fourth-order valence-corrected chi connectivity index (χ4v) is 1.55. The van der Waals surface area contributed by atoms with Gasteiger partial charge in [-0.2, -0.15) is 0 Å². The molecule has 0 saturated heterocycles. The molecule has 0 fully saturated rings. The Morgan fingerprint density at radius 2 is 1.62 bits per heavy atom. The zero-order chi connectivity index (χ0) is 11.7. The van der Waals surface area contributed by atoms with Crippen molar-refractivity contribution in [2.24, 2.45) is 0 Å². The van der Waals surface area contributed by atoms with E-state index in [2.05, 4.69) is 48.7 Å². The summed E-state index contributed by atoms with van der Waals surface area (Å²) in [6.45, 7) is 8.48. The maximum absolute atomic E-state index is 4.57. The van der Waals surface area contributed by atoms with E-state index in [1.807, 2.05) is 12.4 Å². The molecule has 2 aromatic heterocycles. The van der Waals surface area contributed by atoms with Gasteiger partial charge in [0.1, 0.15) is 5.82 Å². The standard InChI is InChI=1S/C13H17N3/c1-8(2)11-5-12-10(6-14-11)7-15-13(16-12)9(3)4/h5-9H,1-4H3. The molecule has 0 aliphatic heterocycles. The Morgan fingerprint density at radius 3 is 2.25 bits per heavy atom. The Labute approximate surface area is 96.0 Å². The molecular weight excluding hydrogens is 198 g/mol. The summed E-state index contributed by atoms with van der Waals surface area (Å²) < 4.78 is 0. The lowest BCUT2D eigenvalue weighted by Crippen LogP contribution is -1.99. The Bertz CT molecular complexity index is 461. The van der Waals surface area contributed by atoms with E-state index < -0.39 is 0 Å². The molecule has 0 saturated carbocycles. The van der Waals surface area contributed by atoms with Gasteiger partial charge in [-0.1, -0.05) is 27.7 Å². The lowest BCUT2D eigenvalue weighted by Gasteiger charge is -2.07. The molecule has 16 heavy (non-hydrogen) atoms. The van der Waals surface area contributed by atoms with E-state index in [9.17, 15) is 0 Å². The van der Waals surface area contributed by atoms with Crippen molar-refractivity contribution in [3.05, 3.63) is 30.0 Å². The van der Waals surface area contributed by atoms with Crippen LogP contribution >= 0.6 is 0 Å². The van der Waals surface area contributed by atoms with Crippen LogP contribution in [0.3, 0.4) is 0 Å². The van der Waals surface area contributed by atoms with Crippen LogP contribution in [0.25, 0.3) is 10.9 Å². The van der Waals surface area contributed by atoms with Crippen molar-refractivity contribution in [2.75, 3.05) is 0 Å². The molecule has 0 N–H and O–H groups in total. The molecule has 3 heteroatoms. The fourth-order valence-electron chi connectivity index (χ4n) is 1.55. The van der Waals surface area contributed by atoms with Crippen LogP contribution in [0.15, 0.2) is 18.5 Å². The van der Waals surface area contributed by atoms with E-state index in [-0.39, 0.29) is 0 Å². The van der Waals surface area contributed by atoms with E-state index in [1.54, 1.807) is 0 Å². The molecule has 84 valence electrons. The Kier molecular flexibility index (Phi) is 2.86. The molecule has 0 amide bonds. The molecule has 2 aromatic rings. The van der Waals surface area contributed by atoms with Crippen molar-refractivity contribution < 1.29 is 0 Å². The second-order valence-electron chi connectivity index (χ2n) is 4.71. The number of fused-ring (bicyclic) bond motifs is 1. The van der Waals surface area contributed by atoms with Gasteiger partial charge in [0.25, 0.3) is 0 Å². The highest BCUT2D eigenvalue weighted by Crippen LogP contribution is 2.18. The summed E-state index contributed by atoms with van der Waals surface area (Å²) in [5.41, 5.74) is 2.08. The second kappa shape index (κ2) is 4.16. The van der Waals surface area contributed by atoms with Gasteiger partial charge >= 0.3 is 0 Å². The number of nitrogens with zero attached hydrogens (tertiary/aromatic N) is 3. The molecule has 0 radical (unpaired) electrons. The molecule has 0 aliphatic rings. The van der Waals surface area contributed by atoms with Crippen molar-refractivity contribution in [3.63, 3.8) is 0 Å². The number of rotatable bonds is 2. The molecule has 2 heterocycles. The molecule has 0 aromatic carbocycles. The van der Waals surface area contributed by atoms with Crippen LogP contribution in [0.4, 0.5) is 0 Å². The summed E-state index contributed by atoms with van der Waals surface area (Å²) in [7, 11) is 0. The van der Waals surface area contributed by atoms with Gasteiger partial charge < -0.3 is 0 Å². The fraction of sp³-hybridized carbons (Fsp3) is 0.462. The van der Waals surface area contributed by atoms with Crippen LogP contribution in [-0.2, 0) is 0 Å². The molecule has 2 rings (SSSR count). The molecule has 0 unspecified atom stereocenters. The van der Waals surface area contributed by atoms with Crippen LogP contribution in [0.1, 0.15) is 51.0 Å². The van der Waals surface area contributed by atoms with E-state index in [1.165, 1.54) is 0 Å². The van der Waals surface area contributed by atoms with Crippen LogP contribution in [0.5, 0.6) is 0 Å². The first kappa shape index (κ1) is 11.0. The number of pyridine rings is 1. The summed E-state index contributed by atoms with van der Waals surface area (Å²) in [6, 6.07) is 2.06. The van der Waals surface area contributed by atoms with Crippen molar-refractivity contribution in [1.82, 2.24) is 15.0 Å². The van der Waals surface area contributed by atoms with Gasteiger partial charge in [0.05, 0.1) is 5.52 Å². The number of hydrogen-bond acceptors (Lipinski definition) is 3. The van der Waals surface area contributed by atoms with Crippen LogP contribution in [-0.4, -0.2) is 15.0 Å². The minimum atomic E-state index is 0.361. The largest absolute Gasteiger partial charge is 0.260 e.